The topological polar surface area (TPSA) is 46.6 Å². The van der Waals surface area contributed by atoms with Crippen LogP contribution in [0.15, 0.2) is 0 Å². The Kier molecular flexibility index (Phi) is 2.79. The normalized spacial score (nSPS) is 8.25. The van der Waals surface area contributed by atoms with Gasteiger partial charge in [-0.15, -0.1) is 0 Å². The maximum Gasteiger partial charge on any atom is 0.309 e. The summed E-state index contributed by atoms with van der Waals surface area (Å²) in [7, 11) is 2.66. The summed E-state index contributed by atoms with van der Waals surface area (Å²) in [6, 6.07) is 0. The number of amides is 1. The molecule has 0 unspecified atom stereocenters. The van der Waals surface area contributed by atoms with E-state index in [1.807, 2.05) is 0 Å². The molecule has 0 fully saturated rings. The molecule has 0 spiro atoms. The van der Waals surface area contributed by atoms with Crippen molar-refractivity contribution >= 4 is 12.2 Å². The highest BCUT2D eigenvalue weighted by molar-refractivity contribution is 6.22. The summed E-state index contributed by atoms with van der Waals surface area (Å²) >= 11 is 0. The molecule has 1 amide bonds. The van der Waals surface area contributed by atoms with E-state index in [1.54, 1.807) is 0 Å². The molecule has 0 heterocycles. The molecule has 0 N–H and O–H groups in total. The average Bonchev–Trinajstić information content (AvgIpc) is 1.84. The van der Waals surface area contributed by atoms with Crippen LogP contribution in [-0.2, 0) is 14.4 Å². The van der Waals surface area contributed by atoms with Crippen LogP contribution < -0.4 is 0 Å². The van der Waals surface area contributed by atoms with Gasteiger partial charge in [-0.25, -0.2) is 5.06 Å². The fraction of sp³-hybridized carbons (Fsp3) is 0.500. The Morgan fingerprint density at radius 3 is 2.38 bits per heavy atom. The first-order valence-electron chi connectivity index (χ1n) is 1.99. The number of hydroxylamine groups is 2. The maximum absolute atomic E-state index is 10.2. The molecule has 0 rings (SSSR count). The molecule has 0 bridgehead atoms. The molecule has 0 aliphatic rings. The van der Waals surface area contributed by atoms with Crippen LogP contribution in [0.3, 0.4) is 0 Å². The van der Waals surface area contributed by atoms with Gasteiger partial charge < -0.3 is 0 Å². The first kappa shape index (κ1) is 7.10. The van der Waals surface area contributed by atoms with Gasteiger partial charge in [-0.1, -0.05) is 0 Å². The van der Waals surface area contributed by atoms with Crippen molar-refractivity contribution in [3.05, 3.63) is 0 Å². The van der Waals surface area contributed by atoms with Gasteiger partial charge in [-0.3, -0.25) is 14.4 Å². The molecular formula is C4H7NO3. The van der Waals surface area contributed by atoms with Gasteiger partial charge in [0, 0.05) is 7.05 Å². The zero-order valence-electron chi connectivity index (χ0n) is 4.75. The molecule has 0 saturated carbocycles. The van der Waals surface area contributed by atoms with E-state index in [0.717, 1.165) is 5.06 Å². The third kappa shape index (κ3) is 1.70. The van der Waals surface area contributed by atoms with Crippen LogP contribution in [0.1, 0.15) is 0 Å². The number of nitrogens with zero attached hydrogens (tertiary/aromatic N) is 1. The highest BCUT2D eigenvalue weighted by atomic mass is 16.7. The van der Waals surface area contributed by atoms with Crippen LogP contribution in [0.4, 0.5) is 0 Å². The quantitative estimate of drug-likeness (QED) is 0.270. The molecular weight excluding hydrogens is 110 g/mol. The summed E-state index contributed by atoms with van der Waals surface area (Å²) in [5, 5.41) is 0.840. The standard InChI is InChI=1S/C4H7NO3/c1-5(8-2)4(7)3-6/h3H,1-2H3. The molecule has 4 heteroatoms. The number of carbonyl (C=O) groups excluding carboxylic acids is 2. The third-order valence-corrected chi connectivity index (χ3v) is 0.685. The van der Waals surface area contributed by atoms with Crippen molar-refractivity contribution in [2.75, 3.05) is 14.2 Å². The second-order valence-corrected chi connectivity index (χ2v) is 1.14. The lowest BCUT2D eigenvalue weighted by Gasteiger charge is -2.07. The molecule has 0 aromatic rings. The first-order chi connectivity index (χ1) is 3.72. The number of carbonyl (C=O) groups is 2. The minimum atomic E-state index is -0.687. The molecule has 46 valence electrons. The van der Waals surface area contributed by atoms with Crippen LogP contribution in [0.25, 0.3) is 0 Å². The van der Waals surface area contributed by atoms with Crippen LogP contribution in [0.2, 0.25) is 0 Å². The smallest absolute Gasteiger partial charge is 0.292 e. The fourth-order valence-corrected chi connectivity index (χ4v) is 0.164. The number of rotatable bonds is 2. The Hall–Kier alpha value is -0.900. The first-order valence-corrected chi connectivity index (χ1v) is 1.99. The molecule has 0 aromatic carbocycles. The van der Waals surface area contributed by atoms with Crippen LogP contribution in [0.5, 0.6) is 0 Å². The zero-order chi connectivity index (χ0) is 6.57. The van der Waals surface area contributed by atoms with E-state index in [1.165, 1.54) is 14.2 Å². The Bertz CT molecular complexity index is 101. The highest BCUT2D eigenvalue weighted by Gasteiger charge is 2.02. The van der Waals surface area contributed by atoms with Gasteiger partial charge >= 0.3 is 5.91 Å². The summed E-state index contributed by atoms with van der Waals surface area (Å²) in [4.78, 5) is 24.2. The maximum atomic E-state index is 10.2. The molecule has 0 radical (unpaired) electrons. The Morgan fingerprint density at radius 2 is 2.25 bits per heavy atom. The van der Waals surface area contributed by atoms with Gasteiger partial charge in [-0.2, -0.15) is 0 Å². The average molecular weight is 117 g/mol. The van der Waals surface area contributed by atoms with Crippen molar-refractivity contribution in [2.45, 2.75) is 0 Å². The van der Waals surface area contributed by atoms with Crippen molar-refractivity contribution in [2.24, 2.45) is 0 Å². The van der Waals surface area contributed by atoms with Crippen LogP contribution in [0, 0.1) is 0 Å². The highest BCUT2D eigenvalue weighted by Crippen LogP contribution is 1.77. The second-order valence-electron chi connectivity index (χ2n) is 1.14. The summed E-state index contributed by atoms with van der Waals surface area (Å²) in [6.07, 6.45) is 0.184. The lowest BCUT2D eigenvalue weighted by atomic mass is 10.7. The van der Waals surface area contributed by atoms with E-state index in [-0.39, 0.29) is 6.29 Å². The van der Waals surface area contributed by atoms with Crippen molar-refractivity contribution in [3.8, 4) is 0 Å². The van der Waals surface area contributed by atoms with E-state index in [4.69, 9.17) is 0 Å². The molecule has 0 saturated heterocycles. The SMILES string of the molecule is CON(C)C(=O)C=O. The molecule has 0 aliphatic heterocycles. The molecule has 0 atom stereocenters. The predicted octanol–water partition coefficient (Wildman–Crippen LogP) is -0.795. The molecule has 8 heavy (non-hydrogen) atoms. The predicted molar refractivity (Wildman–Crippen MR) is 25.8 cm³/mol. The Morgan fingerprint density at radius 1 is 1.75 bits per heavy atom. The van der Waals surface area contributed by atoms with E-state index < -0.39 is 5.91 Å². The van der Waals surface area contributed by atoms with Gasteiger partial charge in [0.05, 0.1) is 7.11 Å². The van der Waals surface area contributed by atoms with Gasteiger partial charge in [-0.05, 0) is 0 Å². The lowest BCUT2D eigenvalue weighted by Crippen LogP contribution is -2.25. The number of hydrogen-bond donors (Lipinski definition) is 0. The van der Waals surface area contributed by atoms with Crippen molar-refractivity contribution in [3.63, 3.8) is 0 Å². The van der Waals surface area contributed by atoms with Crippen molar-refractivity contribution < 1.29 is 14.4 Å². The lowest BCUT2D eigenvalue weighted by molar-refractivity contribution is -0.169. The number of likely N-dealkylation sites (N-methyl/N-ethyl adjacent to an activating group) is 1. The zero-order valence-corrected chi connectivity index (χ0v) is 4.75. The molecule has 0 aromatic heterocycles. The van der Waals surface area contributed by atoms with Gasteiger partial charge in [0.1, 0.15) is 0 Å². The van der Waals surface area contributed by atoms with Gasteiger partial charge in [0.25, 0.3) is 0 Å². The summed E-state index contributed by atoms with van der Waals surface area (Å²) in [5.41, 5.74) is 0. The largest absolute Gasteiger partial charge is 0.309 e. The van der Waals surface area contributed by atoms with E-state index in [0.29, 0.717) is 0 Å². The minimum absolute atomic E-state index is 0.184. The van der Waals surface area contributed by atoms with E-state index >= 15 is 0 Å². The van der Waals surface area contributed by atoms with Crippen molar-refractivity contribution in [1.29, 1.82) is 0 Å². The number of hydrogen-bond acceptors (Lipinski definition) is 3. The van der Waals surface area contributed by atoms with E-state index in [9.17, 15) is 9.59 Å². The Labute approximate surface area is 47.0 Å². The minimum Gasteiger partial charge on any atom is -0.292 e. The second kappa shape index (κ2) is 3.15. The summed E-state index contributed by atoms with van der Waals surface area (Å²) in [5.74, 6) is -0.687. The molecule has 0 aliphatic carbocycles. The molecule has 4 nitrogen and oxygen atoms in total. The van der Waals surface area contributed by atoms with Crippen LogP contribution in [-0.4, -0.2) is 31.4 Å². The van der Waals surface area contributed by atoms with Gasteiger partial charge in [0.15, 0.2) is 0 Å². The van der Waals surface area contributed by atoms with Crippen molar-refractivity contribution in [1.82, 2.24) is 5.06 Å². The van der Waals surface area contributed by atoms with E-state index in [2.05, 4.69) is 4.84 Å². The van der Waals surface area contributed by atoms with Crippen LogP contribution >= 0.6 is 0 Å². The number of aldehydes is 1. The fourth-order valence-electron chi connectivity index (χ4n) is 0.164. The Balaban J connectivity index is 3.62. The summed E-state index contributed by atoms with van der Waals surface area (Å²) < 4.78 is 0. The van der Waals surface area contributed by atoms with Gasteiger partial charge in [0.2, 0.25) is 6.29 Å². The third-order valence-electron chi connectivity index (χ3n) is 0.685. The summed E-state index contributed by atoms with van der Waals surface area (Å²) in [6.45, 7) is 0. The monoisotopic (exact) mass is 117 g/mol.